The highest BCUT2D eigenvalue weighted by Gasteiger charge is 2.28. The van der Waals surface area contributed by atoms with Crippen molar-refractivity contribution in [2.24, 2.45) is 0 Å². The van der Waals surface area contributed by atoms with E-state index in [1.165, 1.54) is 6.07 Å². The second-order valence-electron chi connectivity index (χ2n) is 1.94. The highest BCUT2D eigenvalue weighted by Crippen LogP contribution is 2.22. The standard InChI is InChI=1S/C6H6F3NS/c7-4-6(8,9)10-5-2-1-3-11-5/h1-3,10H,4H2. The molecule has 0 bridgehead atoms. The molecular formula is C6H6F3NS. The van der Waals surface area contributed by atoms with E-state index in [1.807, 2.05) is 0 Å². The summed E-state index contributed by atoms with van der Waals surface area (Å²) in [6, 6.07) is -0.361. The Labute approximate surface area is 65.8 Å². The Morgan fingerprint density at radius 3 is 2.73 bits per heavy atom. The van der Waals surface area contributed by atoms with Gasteiger partial charge >= 0.3 is 6.05 Å². The molecule has 0 saturated carbocycles. The van der Waals surface area contributed by atoms with Gasteiger partial charge in [-0.2, -0.15) is 8.78 Å². The molecule has 0 atom stereocenters. The van der Waals surface area contributed by atoms with Crippen LogP contribution in [0.15, 0.2) is 17.5 Å². The number of anilines is 1. The Balaban J connectivity index is 2.56. The molecule has 1 N–H and O–H groups in total. The third-order valence-electron chi connectivity index (χ3n) is 0.995. The van der Waals surface area contributed by atoms with E-state index < -0.39 is 12.7 Å². The van der Waals surface area contributed by atoms with Crippen LogP contribution >= 0.6 is 11.3 Å². The van der Waals surface area contributed by atoms with Crippen molar-refractivity contribution in [3.8, 4) is 0 Å². The minimum atomic E-state index is -3.44. The third-order valence-corrected chi connectivity index (χ3v) is 1.78. The number of hydrogen-bond donors (Lipinski definition) is 1. The molecule has 62 valence electrons. The van der Waals surface area contributed by atoms with Gasteiger partial charge in [0.2, 0.25) is 0 Å². The number of halogens is 3. The second-order valence-corrected chi connectivity index (χ2v) is 2.89. The van der Waals surface area contributed by atoms with E-state index in [9.17, 15) is 13.2 Å². The third kappa shape index (κ3) is 2.42. The van der Waals surface area contributed by atoms with Crippen LogP contribution in [0.5, 0.6) is 0 Å². The van der Waals surface area contributed by atoms with Crippen molar-refractivity contribution in [3.63, 3.8) is 0 Å². The summed E-state index contributed by atoms with van der Waals surface area (Å²) in [6.07, 6.45) is 0. The van der Waals surface area contributed by atoms with Crippen molar-refractivity contribution in [1.82, 2.24) is 0 Å². The number of alkyl halides is 3. The fourth-order valence-electron chi connectivity index (χ4n) is 0.563. The lowest BCUT2D eigenvalue weighted by molar-refractivity contribution is 0.00718. The van der Waals surface area contributed by atoms with E-state index in [-0.39, 0.29) is 5.00 Å². The first kappa shape index (κ1) is 8.39. The van der Waals surface area contributed by atoms with Crippen LogP contribution in [0.3, 0.4) is 0 Å². The van der Waals surface area contributed by atoms with Crippen molar-refractivity contribution in [2.75, 3.05) is 12.0 Å². The summed E-state index contributed by atoms with van der Waals surface area (Å²) in [4.78, 5) is 0. The molecule has 0 aliphatic heterocycles. The molecule has 11 heavy (non-hydrogen) atoms. The Bertz CT molecular complexity index is 210. The fourth-order valence-corrected chi connectivity index (χ4v) is 1.23. The van der Waals surface area contributed by atoms with Gasteiger partial charge in [0.25, 0.3) is 0 Å². The van der Waals surface area contributed by atoms with Gasteiger partial charge in [0.1, 0.15) is 0 Å². The molecule has 0 fully saturated rings. The Morgan fingerprint density at radius 1 is 1.55 bits per heavy atom. The molecule has 1 aromatic rings. The van der Waals surface area contributed by atoms with E-state index in [4.69, 9.17) is 0 Å². The van der Waals surface area contributed by atoms with Crippen molar-refractivity contribution in [2.45, 2.75) is 6.05 Å². The lowest BCUT2D eigenvalue weighted by atomic mass is 10.5. The van der Waals surface area contributed by atoms with E-state index in [0.717, 1.165) is 11.3 Å². The number of thiophene rings is 1. The Morgan fingerprint density at radius 2 is 2.27 bits per heavy atom. The first-order valence-electron chi connectivity index (χ1n) is 2.89. The summed E-state index contributed by atoms with van der Waals surface area (Å²) in [7, 11) is 0. The predicted molar refractivity (Wildman–Crippen MR) is 38.9 cm³/mol. The monoisotopic (exact) mass is 181 g/mol. The molecule has 5 heteroatoms. The van der Waals surface area contributed by atoms with Crippen molar-refractivity contribution in [3.05, 3.63) is 17.5 Å². The summed E-state index contributed by atoms with van der Waals surface area (Å²) in [6.45, 7) is -1.69. The van der Waals surface area contributed by atoms with E-state index >= 15 is 0 Å². The van der Waals surface area contributed by atoms with E-state index in [0.29, 0.717) is 0 Å². The van der Waals surface area contributed by atoms with Crippen molar-refractivity contribution < 1.29 is 13.2 Å². The molecule has 0 aromatic carbocycles. The van der Waals surface area contributed by atoms with Gasteiger partial charge < -0.3 is 5.32 Å². The van der Waals surface area contributed by atoms with E-state index in [1.54, 1.807) is 16.8 Å². The van der Waals surface area contributed by atoms with Gasteiger partial charge in [-0.1, -0.05) is 0 Å². The van der Waals surface area contributed by atoms with Crippen LogP contribution in [0.4, 0.5) is 18.2 Å². The lowest BCUT2D eigenvalue weighted by Gasteiger charge is -2.12. The van der Waals surface area contributed by atoms with Gasteiger partial charge in [0.15, 0.2) is 6.67 Å². The molecule has 0 aliphatic rings. The fraction of sp³-hybridized carbons (Fsp3) is 0.333. The summed E-state index contributed by atoms with van der Waals surface area (Å²) in [5, 5.41) is 3.66. The van der Waals surface area contributed by atoms with E-state index in [2.05, 4.69) is 0 Å². The zero-order valence-electron chi connectivity index (χ0n) is 5.48. The van der Waals surface area contributed by atoms with Gasteiger partial charge in [0, 0.05) is 0 Å². The topological polar surface area (TPSA) is 12.0 Å². The van der Waals surface area contributed by atoms with Crippen LogP contribution in [0, 0.1) is 0 Å². The molecule has 1 aromatic heterocycles. The molecule has 0 unspecified atom stereocenters. The average molecular weight is 181 g/mol. The van der Waals surface area contributed by atoms with Gasteiger partial charge in [-0.25, -0.2) is 4.39 Å². The van der Waals surface area contributed by atoms with Crippen LogP contribution < -0.4 is 5.32 Å². The summed E-state index contributed by atoms with van der Waals surface area (Å²) in [5.41, 5.74) is 0. The highest BCUT2D eigenvalue weighted by molar-refractivity contribution is 7.14. The minimum absolute atomic E-state index is 0.271. The summed E-state index contributed by atoms with van der Waals surface area (Å²) in [5.74, 6) is 0. The largest absolute Gasteiger partial charge is 0.352 e. The molecule has 0 radical (unpaired) electrons. The first-order valence-corrected chi connectivity index (χ1v) is 3.77. The molecule has 1 rings (SSSR count). The maximum Gasteiger partial charge on any atom is 0.352 e. The van der Waals surface area contributed by atoms with Crippen LogP contribution in [0.25, 0.3) is 0 Å². The predicted octanol–water partition coefficient (Wildman–Crippen LogP) is 2.72. The average Bonchev–Trinajstić information content (AvgIpc) is 2.39. The van der Waals surface area contributed by atoms with Crippen LogP contribution in [0.2, 0.25) is 0 Å². The minimum Gasteiger partial charge on any atom is -0.316 e. The molecule has 0 saturated heterocycles. The van der Waals surface area contributed by atoms with Gasteiger partial charge in [0.05, 0.1) is 5.00 Å². The normalized spacial score (nSPS) is 11.5. The van der Waals surface area contributed by atoms with Gasteiger partial charge in [-0.05, 0) is 17.5 Å². The maximum absolute atomic E-state index is 12.2. The molecule has 1 heterocycles. The van der Waals surface area contributed by atoms with Crippen LogP contribution in [0.1, 0.15) is 0 Å². The number of hydrogen-bond acceptors (Lipinski definition) is 2. The van der Waals surface area contributed by atoms with Crippen molar-refractivity contribution in [1.29, 1.82) is 0 Å². The molecule has 0 amide bonds. The Kier molecular flexibility index (Phi) is 2.38. The SMILES string of the molecule is FCC(F)(F)Nc1cccs1. The zero-order chi connectivity index (χ0) is 8.32. The quantitative estimate of drug-likeness (QED) is 0.707. The van der Waals surface area contributed by atoms with Gasteiger partial charge in [-0.3, -0.25) is 0 Å². The maximum atomic E-state index is 12.2. The number of rotatable bonds is 3. The van der Waals surface area contributed by atoms with Crippen LogP contribution in [-0.4, -0.2) is 12.7 Å². The van der Waals surface area contributed by atoms with Crippen LogP contribution in [-0.2, 0) is 0 Å². The highest BCUT2D eigenvalue weighted by atomic mass is 32.1. The summed E-state index contributed by atoms with van der Waals surface area (Å²) >= 11 is 1.11. The summed E-state index contributed by atoms with van der Waals surface area (Å²) < 4.78 is 36.0. The Hall–Kier alpha value is -0.710. The smallest absolute Gasteiger partial charge is 0.316 e. The number of nitrogens with one attached hydrogen (secondary N) is 1. The molecule has 0 spiro atoms. The van der Waals surface area contributed by atoms with Gasteiger partial charge in [-0.15, -0.1) is 11.3 Å². The first-order chi connectivity index (χ1) is 5.14. The van der Waals surface area contributed by atoms with Crippen molar-refractivity contribution >= 4 is 16.3 Å². The molecular weight excluding hydrogens is 175 g/mol. The second kappa shape index (κ2) is 3.13. The molecule has 1 nitrogen and oxygen atoms in total. The molecule has 0 aliphatic carbocycles. The lowest BCUT2D eigenvalue weighted by Crippen LogP contribution is -2.29. The zero-order valence-corrected chi connectivity index (χ0v) is 6.30.